The first-order valence-corrected chi connectivity index (χ1v) is 5.21. The fraction of sp³-hybridized carbons (Fsp3) is 0.100. The van der Waals surface area contributed by atoms with Crippen LogP contribution in [0.2, 0.25) is 5.02 Å². The van der Waals surface area contributed by atoms with Gasteiger partial charge in [0, 0.05) is 0 Å². The molecule has 0 atom stereocenters. The first-order valence-electron chi connectivity index (χ1n) is 4.01. The molecule has 2 nitrogen and oxygen atoms in total. The number of benzene rings is 1. The number of carboxylic acid groups (broad SMARTS) is 1. The van der Waals surface area contributed by atoms with E-state index in [0.717, 1.165) is 15.6 Å². The van der Waals surface area contributed by atoms with E-state index in [9.17, 15) is 4.79 Å². The average Bonchev–Trinajstić information content (AvgIpc) is 2.56. The smallest absolute Gasteiger partial charge is 0.345 e. The van der Waals surface area contributed by atoms with Crippen LogP contribution in [0.1, 0.15) is 15.2 Å². The van der Waals surface area contributed by atoms with Crippen LogP contribution in [0.4, 0.5) is 0 Å². The van der Waals surface area contributed by atoms with E-state index in [0.29, 0.717) is 9.90 Å². The number of aromatic carboxylic acids is 1. The van der Waals surface area contributed by atoms with Crippen molar-refractivity contribution in [3.8, 4) is 0 Å². The standard InChI is InChI=1S/C10H7ClO2S/c1-5-2-3-6-4-7(10(12)13)14-9(6)8(5)11/h2-4H,1H3,(H,12,13). The van der Waals surface area contributed by atoms with Crippen molar-refractivity contribution in [3.63, 3.8) is 0 Å². The molecule has 0 saturated carbocycles. The Kier molecular flexibility index (Phi) is 2.21. The van der Waals surface area contributed by atoms with Crippen LogP contribution < -0.4 is 0 Å². The van der Waals surface area contributed by atoms with Crippen molar-refractivity contribution >= 4 is 39.0 Å². The van der Waals surface area contributed by atoms with Gasteiger partial charge >= 0.3 is 5.97 Å². The van der Waals surface area contributed by atoms with Crippen LogP contribution in [0.25, 0.3) is 10.1 Å². The number of carboxylic acids is 1. The Balaban J connectivity index is 2.77. The van der Waals surface area contributed by atoms with E-state index in [4.69, 9.17) is 16.7 Å². The lowest BCUT2D eigenvalue weighted by molar-refractivity contribution is 0.0702. The third kappa shape index (κ3) is 1.38. The van der Waals surface area contributed by atoms with Crippen molar-refractivity contribution in [2.45, 2.75) is 6.92 Å². The molecule has 1 N–H and O–H groups in total. The molecule has 0 saturated heterocycles. The zero-order valence-electron chi connectivity index (χ0n) is 7.37. The fourth-order valence-corrected chi connectivity index (χ4v) is 2.55. The van der Waals surface area contributed by atoms with Crippen molar-refractivity contribution in [3.05, 3.63) is 33.7 Å². The number of thiophene rings is 1. The van der Waals surface area contributed by atoms with Gasteiger partial charge in [0.15, 0.2) is 0 Å². The van der Waals surface area contributed by atoms with E-state index in [-0.39, 0.29) is 0 Å². The number of fused-ring (bicyclic) bond motifs is 1. The van der Waals surface area contributed by atoms with Crippen molar-refractivity contribution < 1.29 is 9.90 Å². The van der Waals surface area contributed by atoms with Gasteiger partial charge in [0.2, 0.25) is 0 Å². The van der Waals surface area contributed by atoms with E-state index < -0.39 is 5.97 Å². The van der Waals surface area contributed by atoms with Gasteiger partial charge in [-0.2, -0.15) is 0 Å². The van der Waals surface area contributed by atoms with Gasteiger partial charge in [0.05, 0.1) is 9.72 Å². The lowest BCUT2D eigenvalue weighted by Crippen LogP contribution is -1.89. The molecule has 0 aliphatic rings. The molecule has 0 bridgehead atoms. The van der Waals surface area contributed by atoms with Crippen LogP contribution in [0.5, 0.6) is 0 Å². The number of hydrogen-bond donors (Lipinski definition) is 1. The molecule has 0 spiro atoms. The molecule has 0 unspecified atom stereocenters. The van der Waals surface area contributed by atoms with Gasteiger partial charge in [-0.25, -0.2) is 4.79 Å². The summed E-state index contributed by atoms with van der Waals surface area (Å²) in [4.78, 5) is 11.1. The maximum Gasteiger partial charge on any atom is 0.345 e. The predicted octanol–water partition coefficient (Wildman–Crippen LogP) is 3.56. The molecule has 72 valence electrons. The van der Waals surface area contributed by atoms with E-state index in [1.165, 1.54) is 11.3 Å². The van der Waals surface area contributed by atoms with Crippen LogP contribution in [-0.4, -0.2) is 11.1 Å². The second-order valence-corrected chi connectivity index (χ2v) is 4.46. The highest BCUT2D eigenvalue weighted by Crippen LogP contribution is 2.33. The number of carbonyl (C=O) groups is 1. The largest absolute Gasteiger partial charge is 0.477 e. The highest BCUT2D eigenvalue weighted by atomic mass is 35.5. The maximum absolute atomic E-state index is 10.7. The number of hydrogen-bond acceptors (Lipinski definition) is 2. The van der Waals surface area contributed by atoms with Crippen molar-refractivity contribution in [1.29, 1.82) is 0 Å². The fourth-order valence-electron chi connectivity index (χ4n) is 1.27. The monoisotopic (exact) mass is 226 g/mol. The van der Waals surface area contributed by atoms with Gasteiger partial charge in [-0.15, -0.1) is 11.3 Å². The summed E-state index contributed by atoms with van der Waals surface area (Å²) in [5, 5.41) is 10.4. The minimum absolute atomic E-state index is 0.326. The second-order valence-electron chi connectivity index (χ2n) is 3.03. The van der Waals surface area contributed by atoms with Crippen LogP contribution >= 0.6 is 22.9 Å². The summed E-state index contributed by atoms with van der Waals surface area (Å²) in [5.41, 5.74) is 0.970. The molecular weight excluding hydrogens is 220 g/mol. The Labute approximate surface area is 89.7 Å². The highest BCUT2D eigenvalue weighted by Gasteiger charge is 2.11. The zero-order chi connectivity index (χ0) is 10.3. The Morgan fingerprint density at radius 2 is 2.21 bits per heavy atom. The average molecular weight is 227 g/mol. The lowest BCUT2D eigenvalue weighted by atomic mass is 10.2. The van der Waals surface area contributed by atoms with Gasteiger partial charge < -0.3 is 5.11 Å². The van der Waals surface area contributed by atoms with E-state index in [1.807, 2.05) is 19.1 Å². The quantitative estimate of drug-likeness (QED) is 0.807. The van der Waals surface area contributed by atoms with Crippen LogP contribution in [0.3, 0.4) is 0 Å². The van der Waals surface area contributed by atoms with Gasteiger partial charge in [0.25, 0.3) is 0 Å². The Hall–Kier alpha value is -1.06. The Morgan fingerprint density at radius 1 is 1.50 bits per heavy atom. The summed E-state index contributed by atoms with van der Waals surface area (Å²) in [6.07, 6.45) is 0. The topological polar surface area (TPSA) is 37.3 Å². The van der Waals surface area contributed by atoms with Crippen molar-refractivity contribution in [1.82, 2.24) is 0 Å². The summed E-state index contributed by atoms with van der Waals surface area (Å²) >= 11 is 7.28. The summed E-state index contributed by atoms with van der Waals surface area (Å²) in [6.45, 7) is 1.90. The van der Waals surface area contributed by atoms with Crippen LogP contribution in [-0.2, 0) is 0 Å². The minimum atomic E-state index is -0.903. The summed E-state index contributed by atoms with van der Waals surface area (Å²) < 4.78 is 0.851. The summed E-state index contributed by atoms with van der Waals surface area (Å²) in [7, 11) is 0. The van der Waals surface area contributed by atoms with E-state index in [1.54, 1.807) is 6.07 Å². The molecule has 14 heavy (non-hydrogen) atoms. The molecule has 1 heterocycles. The van der Waals surface area contributed by atoms with Gasteiger partial charge in [-0.1, -0.05) is 23.7 Å². The SMILES string of the molecule is Cc1ccc2cc(C(=O)O)sc2c1Cl. The zero-order valence-corrected chi connectivity index (χ0v) is 8.95. The number of aryl methyl sites for hydroxylation is 1. The normalized spacial score (nSPS) is 10.7. The van der Waals surface area contributed by atoms with Gasteiger partial charge in [-0.3, -0.25) is 0 Å². The van der Waals surface area contributed by atoms with E-state index >= 15 is 0 Å². The van der Waals surface area contributed by atoms with Crippen molar-refractivity contribution in [2.75, 3.05) is 0 Å². The van der Waals surface area contributed by atoms with Gasteiger partial charge in [-0.05, 0) is 23.9 Å². The van der Waals surface area contributed by atoms with Crippen molar-refractivity contribution in [2.24, 2.45) is 0 Å². The van der Waals surface area contributed by atoms with Crippen LogP contribution in [0.15, 0.2) is 18.2 Å². The molecule has 1 aromatic heterocycles. The Morgan fingerprint density at radius 3 is 2.86 bits per heavy atom. The molecule has 0 fully saturated rings. The number of halogens is 1. The Bertz CT molecular complexity index is 516. The maximum atomic E-state index is 10.7. The first kappa shape index (κ1) is 9.49. The molecule has 1 aromatic carbocycles. The molecule has 0 aliphatic heterocycles. The molecular formula is C10H7ClO2S. The third-order valence-corrected chi connectivity index (χ3v) is 3.79. The predicted molar refractivity (Wildman–Crippen MR) is 58.5 cm³/mol. The first-order chi connectivity index (χ1) is 6.59. The highest BCUT2D eigenvalue weighted by molar-refractivity contribution is 7.21. The molecule has 2 rings (SSSR count). The molecule has 4 heteroatoms. The minimum Gasteiger partial charge on any atom is -0.477 e. The van der Waals surface area contributed by atoms with Crippen LogP contribution in [0, 0.1) is 6.92 Å². The second kappa shape index (κ2) is 3.26. The third-order valence-electron chi connectivity index (χ3n) is 2.03. The number of rotatable bonds is 1. The molecule has 0 amide bonds. The lowest BCUT2D eigenvalue weighted by Gasteiger charge is -1.96. The van der Waals surface area contributed by atoms with E-state index in [2.05, 4.69) is 0 Å². The van der Waals surface area contributed by atoms with Gasteiger partial charge in [0.1, 0.15) is 4.88 Å². The molecule has 2 aromatic rings. The summed E-state index contributed by atoms with van der Waals surface area (Å²) in [5.74, 6) is -0.903. The summed E-state index contributed by atoms with van der Waals surface area (Å²) in [6, 6.07) is 5.43. The molecule has 0 aliphatic carbocycles. The molecule has 0 radical (unpaired) electrons.